The molecule has 0 aliphatic heterocycles. The Hall–Kier alpha value is -2.98. The lowest BCUT2D eigenvalue weighted by molar-refractivity contribution is -0.118. The molecule has 0 unspecified atom stereocenters. The highest BCUT2D eigenvalue weighted by atomic mass is 79.9. The Kier molecular flexibility index (Phi) is 7.24. The maximum Gasteiger partial charge on any atom is 0.264 e. The van der Waals surface area contributed by atoms with E-state index in [0.717, 1.165) is 10.0 Å². The van der Waals surface area contributed by atoms with Crippen LogP contribution in [0.4, 0.5) is 11.6 Å². The lowest BCUT2D eigenvalue weighted by Crippen LogP contribution is -2.20. The first-order valence-corrected chi connectivity index (χ1v) is 11.6. The molecule has 0 atom stereocenters. The monoisotopic (exact) mass is 504 g/mol. The number of amides is 1. The zero-order valence-corrected chi connectivity index (χ0v) is 19.3. The summed E-state index contributed by atoms with van der Waals surface area (Å²) in [4.78, 5) is 20.0. The van der Waals surface area contributed by atoms with Gasteiger partial charge in [0.05, 0.1) is 4.90 Å². The number of halogens is 1. The maximum absolute atomic E-state index is 12.4. The van der Waals surface area contributed by atoms with Gasteiger partial charge in [-0.05, 0) is 60.0 Å². The molecule has 0 aliphatic carbocycles. The summed E-state index contributed by atoms with van der Waals surface area (Å²) in [6.07, 6.45) is 2.87. The minimum atomic E-state index is -3.84. The van der Waals surface area contributed by atoms with Gasteiger partial charge in [-0.1, -0.05) is 29.8 Å². The first-order chi connectivity index (χ1) is 14.7. The molecule has 162 valence electrons. The second kappa shape index (κ2) is 9.88. The van der Waals surface area contributed by atoms with Gasteiger partial charge in [0.15, 0.2) is 6.61 Å². The van der Waals surface area contributed by atoms with Gasteiger partial charge in [-0.3, -0.25) is 4.79 Å². The largest absolute Gasteiger partial charge is 0.483 e. The van der Waals surface area contributed by atoms with Crippen LogP contribution in [0.15, 0.2) is 70.3 Å². The quantitative estimate of drug-likeness (QED) is 0.475. The average Bonchev–Trinajstić information content (AvgIpc) is 2.73. The average molecular weight is 505 g/mol. The number of rotatable bonds is 8. The fraction of sp³-hybridized carbons (Fsp3) is 0.190. The molecule has 8 nitrogen and oxygen atoms in total. The van der Waals surface area contributed by atoms with Crippen LogP contribution >= 0.6 is 15.9 Å². The lowest BCUT2D eigenvalue weighted by Gasteiger charge is -2.14. The van der Waals surface area contributed by atoms with Crippen molar-refractivity contribution in [3.05, 3.63) is 71.0 Å². The fourth-order valence-corrected chi connectivity index (χ4v) is 4.03. The zero-order valence-electron chi connectivity index (χ0n) is 16.9. The van der Waals surface area contributed by atoms with Gasteiger partial charge in [0, 0.05) is 22.6 Å². The Balaban J connectivity index is 1.60. The molecule has 0 radical (unpaired) electrons. The minimum Gasteiger partial charge on any atom is -0.483 e. The van der Waals surface area contributed by atoms with Crippen LogP contribution in [-0.2, 0) is 14.8 Å². The molecule has 0 spiro atoms. The Bertz CT molecular complexity index is 1150. The van der Waals surface area contributed by atoms with E-state index >= 15 is 0 Å². The molecule has 3 rings (SSSR count). The molecule has 1 amide bonds. The van der Waals surface area contributed by atoms with E-state index in [1.165, 1.54) is 36.7 Å². The summed E-state index contributed by atoms with van der Waals surface area (Å²) < 4.78 is 33.7. The molecule has 0 saturated heterocycles. The van der Waals surface area contributed by atoms with E-state index in [0.29, 0.717) is 11.4 Å². The smallest absolute Gasteiger partial charge is 0.264 e. The van der Waals surface area contributed by atoms with Crippen molar-refractivity contribution in [2.75, 3.05) is 16.6 Å². The van der Waals surface area contributed by atoms with Crippen LogP contribution in [-0.4, -0.2) is 30.9 Å². The molecule has 10 heteroatoms. The summed E-state index contributed by atoms with van der Waals surface area (Å²) in [6, 6.07) is 13.0. The van der Waals surface area contributed by atoms with Gasteiger partial charge in [-0.25, -0.2) is 23.1 Å². The van der Waals surface area contributed by atoms with E-state index in [9.17, 15) is 13.2 Å². The van der Waals surface area contributed by atoms with Gasteiger partial charge in [0.25, 0.3) is 15.9 Å². The van der Waals surface area contributed by atoms with Crippen LogP contribution in [0.2, 0.25) is 0 Å². The van der Waals surface area contributed by atoms with Crippen LogP contribution in [0.1, 0.15) is 25.3 Å². The number of anilines is 2. The van der Waals surface area contributed by atoms with Gasteiger partial charge in [0.2, 0.25) is 5.95 Å². The molecule has 1 heterocycles. The maximum atomic E-state index is 12.4. The van der Waals surface area contributed by atoms with Crippen molar-refractivity contribution < 1.29 is 17.9 Å². The standard InChI is InChI=1S/C21H21BrN4O4S/c1-14(2)18-12-15(22)4-9-19(18)30-13-20(27)25-16-5-7-17(8-6-16)31(28,29)26-21-23-10-3-11-24-21/h3-12,14H,13H2,1-2H3,(H,25,27)(H,23,24,26). The van der Waals surface area contributed by atoms with Crippen molar-refractivity contribution in [2.24, 2.45) is 0 Å². The highest BCUT2D eigenvalue weighted by Crippen LogP contribution is 2.29. The number of carbonyl (C=O) groups is 1. The molecule has 31 heavy (non-hydrogen) atoms. The lowest BCUT2D eigenvalue weighted by atomic mass is 10.0. The van der Waals surface area contributed by atoms with E-state index in [1.54, 1.807) is 6.07 Å². The molecule has 0 aliphatic rings. The molecule has 0 fully saturated rings. The number of hydrogen-bond donors (Lipinski definition) is 2. The molecule has 3 aromatic rings. The summed E-state index contributed by atoms with van der Waals surface area (Å²) in [5.74, 6) is 0.499. The predicted octanol–water partition coefficient (Wildman–Crippen LogP) is 4.18. The first-order valence-electron chi connectivity index (χ1n) is 9.36. The van der Waals surface area contributed by atoms with Crippen molar-refractivity contribution in [2.45, 2.75) is 24.7 Å². The number of nitrogens with zero attached hydrogens (tertiary/aromatic N) is 2. The van der Waals surface area contributed by atoms with E-state index in [4.69, 9.17) is 4.74 Å². The minimum absolute atomic E-state index is 0.0191. The third-order valence-corrected chi connectivity index (χ3v) is 6.03. The summed E-state index contributed by atoms with van der Waals surface area (Å²) in [7, 11) is -3.84. The number of hydrogen-bond acceptors (Lipinski definition) is 6. The summed E-state index contributed by atoms with van der Waals surface area (Å²) in [6.45, 7) is 3.92. The molecule has 2 aromatic carbocycles. The van der Waals surface area contributed by atoms with E-state index in [-0.39, 0.29) is 29.3 Å². The zero-order chi connectivity index (χ0) is 22.4. The molecule has 2 N–H and O–H groups in total. The Morgan fingerprint density at radius 3 is 2.42 bits per heavy atom. The Labute approximate surface area is 189 Å². The molecular formula is C21H21BrN4O4S. The van der Waals surface area contributed by atoms with Crippen molar-refractivity contribution in [1.82, 2.24) is 9.97 Å². The van der Waals surface area contributed by atoms with Crippen LogP contribution in [0.25, 0.3) is 0 Å². The van der Waals surface area contributed by atoms with Gasteiger partial charge >= 0.3 is 0 Å². The second-order valence-corrected chi connectivity index (χ2v) is 9.47. The fourth-order valence-electron chi connectivity index (χ4n) is 2.69. The molecule has 0 saturated carbocycles. The predicted molar refractivity (Wildman–Crippen MR) is 122 cm³/mol. The van der Waals surface area contributed by atoms with Crippen LogP contribution in [0.3, 0.4) is 0 Å². The summed E-state index contributed by atoms with van der Waals surface area (Å²) in [5, 5.41) is 2.69. The number of carbonyl (C=O) groups excluding carboxylic acids is 1. The van der Waals surface area contributed by atoms with E-state index in [2.05, 4.69) is 35.9 Å². The van der Waals surface area contributed by atoms with Gasteiger partial charge < -0.3 is 10.1 Å². The van der Waals surface area contributed by atoms with Gasteiger partial charge in [0.1, 0.15) is 5.75 Å². The number of aromatic nitrogens is 2. The van der Waals surface area contributed by atoms with E-state index < -0.39 is 10.0 Å². The molecular weight excluding hydrogens is 484 g/mol. The highest BCUT2D eigenvalue weighted by Gasteiger charge is 2.16. The third kappa shape index (κ3) is 6.25. The Morgan fingerprint density at radius 2 is 1.77 bits per heavy atom. The van der Waals surface area contributed by atoms with Crippen molar-refractivity contribution >= 4 is 43.5 Å². The topological polar surface area (TPSA) is 110 Å². The van der Waals surface area contributed by atoms with Crippen molar-refractivity contribution in [3.8, 4) is 5.75 Å². The van der Waals surface area contributed by atoms with Crippen molar-refractivity contribution in [1.29, 1.82) is 0 Å². The van der Waals surface area contributed by atoms with Crippen molar-refractivity contribution in [3.63, 3.8) is 0 Å². The molecule has 1 aromatic heterocycles. The third-order valence-electron chi connectivity index (χ3n) is 4.19. The Morgan fingerprint density at radius 1 is 1.10 bits per heavy atom. The van der Waals surface area contributed by atoms with Crippen LogP contribution in [0, 0.1) is 0 Å². The normalized spacial score (nSPS) is 11.2. The number of benzene rings is 2. The number of ether oxygens (including phenoxy) is 1. The van der Waals surface area contributed by atoms with Crippen LogP contribution in [0.5, 0.6) is 5.75 Å². The highest BCUT2D eigenvalue weighted by molar-refractivity contribution is 9.10. The van der Waals surface area contributed by atoms with Gasteiger partial charge in [-0.15, -0.1) is 0 Å². The molecule has 0 bridgehead atoms. The SMILES string of the molecule is CC(C)c1cc(Br)ccc1OCC(=O)Nc1ccc(S(=O)(=O)Nc2ncccn2)cc1. The number of sulfonamides is 1. The number of nitrogens with one attached hydrogen (secondary N) is 2. The second-order valence-electron chi connectivity index (χ2n) is 6.88. The van der Waals surface area contributed by atoms with E-state index in [1.807, 2.05) is 32.0 Å². The summed E-state index contributed by atoms with van der Waals surface area (Å²) >= 11 is 3.44. The van der Waals surface area contributed by atoms with Gasteiger partial charge in [-0.2, -0.15) is 0 Å². The van der Waals surface area contributed by atoms with Crippen LogP contribution < -0.4 is 14.8 Å². The summed E-state index contributed by atoms with van der Waals surface area (Å²) in [5.41, 5.74) is 1.44. The first kappa shape index (κ1) is 22.7.